The van der Waals surface area contributed by atoms with Crippen LogP contribution in [0.4, 0.5) is 11.4 Å². The first kappa shape index (κ1) is 51.1. The van der Waals surface area contributed by atoms with Gasteiger partial charge in [-0.25, -0.2) is 34.9 Å². The van der Waals surface area contributed by atoms with Crippen LogP contribution < -0.4 is 4.90 Å². The average molecular weight is 811 g/mol. The minimum absolute atomic E-state index is 0.0608. The second-order valence-electron chi connectivity index (χ2n) is 17.7. The number of hydrogen-bond acceptors (Lipinski definition) is 11. The number of anilines is 1. The van der Waals surface area contributed by atoms with Gasteiger partial charge in [0.15, 0.2) is 0 Å². The van der Waals surface area contributed by atoms with E-state index in [2.05, 4.69) is 138 Å². The molecule has 1 unspecified atom stereocenters. The molecule has 0 bridgehead atoms. The third-order valence-corrected chi connectivity index (χ3v) is 9.73. The average Bonchev–Trinajstić information content (AvgIpc) is 3.21. The molecule has 2 aromatic rings. The van der Waals surface area contributed by atoms with Gasteiger partial charge >= 0.3 is 0 Å². The number of ether oxygens (including phenoxy) is 1. The van der Waals surface area contributed by atoms with Gasteiger partial charge in [0.25, 0.3) is 0 Å². The van der Waals surface area contributed by atoms with Gasteiger partial charge in [-0.1, -0.05) is 69.7 Å². The van der Waals surface area contributed by atoms with Crippen LogP contribution in [0, 0.1) is 0 Å². The molecule has 0 N–H and O–H groups in total. The number of fused-ring (bicyclic) bond motifs is 1. The van der Waals surface area contributed by atoms with Crippen molar-refractivity contribution in [2.75, 3.05) is 64.9 Å². The van der Waals surface area contributed by atoms with Crippen LogP contribution in [0.25, 0.3) is 10.8 Å². The molecule has 11 nitrogen and oxygen atoms in total. The molecule has 0 aromatic heterocycles. The zero-order valence-corrected chi connectivity index (χ0v) is 38.8. The van der Waals surface area contributed by atoms with Crippen LogP contribution in [-0.4, -0.2) is 118 Å². The summed E-state index contributed by atoms with van der Waals surface area (Å²) in [6, 6.07) is 25.0. The molecule has 5 rings (SSSR count). The highest BCUT2D eigenvalue weighted by atomic mass is 16.5. The molecule has 0 amide bonds. The first-order chi connectivity index (χ1) is 28.2. The first-order valence-corrected chi connectivity index (χ1v) is 22.3. The summed E-state index contributed by atoms with van der Waals surface area (Å²) in [4.78, 5) is 38.3. The zero-order chi connectivity index (χ0) is 43.4. The van der Waals surface area contributed by atoms with Gasteiger partial charge in [-0.2, -0.15) is 4.99 Å². The summed E-state index contributed by atoms with van der Waals surface area (Å²) in [5.74, 6) is 0. The quantitative estimate of drug-likeness (QED) is 0.223. The molecule has 1 heterocycles. The molecule has 11 heteroatoms. The van der Waals surface area contributed by atoms with Crippen molar-refractivity contribution in [3.63, 3.8) is 0 Å². The largest absolute Gasteiger partial charge is 0.379 e. The third-order valence-electron chi connectivity index (χ3n) is 9.73. The van der Waals surface area contributed by atoms with Crippen LogP contribution in [0.3, 0.4) is 0 Å². The van der Waals surface area contributed by atoms with Crippen molar-refractivity contribution in [3.8, 4) is 0 Å². The molecule has 2 aliphatic carbocycles. The molecule has 1 atom stereocenters. The van der Waals surface area contributed by atoms with Crippen molar-refractivity contribution < 1.29 is 4.74 Å². The molecular formula is C48H78N10O. The van der Waals surface area contributed by atoms with Gasteiger partial charge in [0.1, 0.15) is 0 Å². The van der Waals surface area contributed by atoms with E-state index in [0.717, 1.165) is 63.4 Å². The van der Waals surface area contributed by atoms with Crippen molar-refractivity contribution in [2.45, 2.75) is 162 Å². The maximum absolute atomic E-state index is 5.30. The fourth-order valence-electron chi connectivity index (χ4n) is 6.15. The predicted octanol–water partition coefficient (Wildman–Crippen LogP) is 11.6. The third kappa shape index (κ3) is 24.6. The van der Waals surface area contributed by atoms with E-state index in [-0.39, 0.29) is 11.1 Å². The fraction of sp³-hybridized carbons (Fsp3) is 0.708. The lowest BCUT2D eigenvalue weighted by atomic mass is 9.96. The predicted molar refractivity (Wildman–Crippen MR) is 253 cm³/mol. The van der Waals surface area contributed by atoms with Gasteiger partial charge in [-0.3, -0.25) is 4.90 Å². The van der Waals surface area contributed by atoms with E-state index in [1.807, 2.05) is 48.5 Å². The van der Waals surface area contributed by atoms with Crippen LogP contribution in [0.2, 0.25) is 0 Å². The molecule has 326 valence electrons. The van der Waals surface area contributed by atoms with Crippen molar-refractivity contribution >= 4 is 46.2 Å². The number of morpholine rings is 1. The summed E-state index contributed by atoms with van der Waals surface area (Å²) >= 11 is 0. The van der Waals surface area contributed by atoms with Crippen LogP contribution in [-0.2, 0) is 4.74 Å². The summed E-state index contributed by atoms with van der Waals surface area (Å²) in [7, 11) is 4.13. The van der Waals surface area contributed by atoms with Crippen molar-refractivity contribution in [3.05, 3.63) is 36.4 Å². The van der Waals surface area contributed by atoms with E-state index in [1.54, 1.807) is 0 Å². The number of aliphatic imine (C=N–C) groups is 8. The van der Waals surface area contributed by atoms with Crippen molar-refractivity contribution in [2.24, 2.45) is 39.9 Å². The molecule has 2 saturated carbocycles. The molecule has 1 saturated heterocycles. The Hall–Kier alpha value is -4.06. The lowest BCUT2D eigenvalue weighted by molar-refractivity contribution is 0.0395. The van der Waals surface area contributed by atoms with Gasteiger partial charge in [-0.05, 0) is 99.6 Å². The lowest BCUT2D eigenvalue weighted by Gasteiger charge is -2.25. The Labute approximate surface area is 358 Å². The van der Waals surface area contributed by atoms with Gasteiger partial charge in [-0.15, -0.1) is 0 Å². The molecule has 3 fully saturated rings. The van der Waals surface area contributed by atoms with Gasteiger partial charge in [0.2, 0.25) is 0 Å². The minimum Gasteiger partial charge on any atom is -0.379 e. The molecule has 3 aliphatic rings. The number of hydrogen-bond donors (Lipinski definition) is 0. The van der Waals surface area contributed by atoms with Crippen LogP contribution in [0.15, 0.2) is 76.3 Å². The van der Waals surface area contributed by atoms with Crippen molar-refractivity contribution in [1.29, 1.82) is 0 Å². The highest BCUT2D eigenvalue weighted by molar-refractivity contribution is 6.01. The second-order valence-corrected chi connectivity index (χ2v) is 17.7. The summed E-state index contributed by atoms with van der Waals surface area (Å²) in [6.07, 6.45) is 13.8. The summed E-state index contributed by atoms with van der Waals surface area (Å²) in [6.45, 7) is 24.7. The number of rotatable bonds is 10. The SMILES string of the molecule is C(=NCCN1CCOCC1)=NC1CCCCC1.CC(C)(C)N=C=NC(C)(C)C.CCN=C=NC(C)CC.CN(C)c1ccc(N=C=NC2CCCCC2)c2ccccc12. The van der Waals surface area contributed by atoms with E-state index < -0.39 is 0 Å². The van der Waals surface area contributed by atoms with E-state index in [9.17, 15) is 0 Å². The smallest absolute Gasteiger partial charge is 0.0952 e. The molecule has 1 aliphatic heterocycles. The van der Waals surface area contributed by atoms with Gasteiger partial charge in [0, 0.05) is 56.7 Å². The molecule has 0 radical (unpaired) electrons. The molecular weight excluding hydrogens is 733 g/mol. The standard InChI is InChI=1S/C19H23N3.C13H23N3O.C9H18N2.C7H14N2/c1-22(2)19-13-12-18(16-10-6-7-11-17(16)19)21-14-20-15-8-4-3-5-9-15;1-2-4-13(5-3-1)15-12-14-6-7-16-8-10-17-11-9-16;1-8(2,3)10-7-11-9(4,5)6;1-4-7(3)9-6-8-5-2/h6-7,10-13,15H,3-5,8-9H2,1-2H3;13H,1-11H2;1-6H3;7H,4-5H2,1-3H3. The molecule has 59 heavy (non-hydrogen) atoms. The maximum atomic E-state index is 5.30. The maximum Gasteiger partial charge on any atom is 0.0952 e. The first-order valence-electron chi connectivity index (χ1n) is 22.3. The second kappa shape index (κ2) is 29.2. The Morgan fingerprint density at radius 3 is 1.80 bits per heavy atom. The fourth-order valence-corrected chi connectivity index (χ4v) is 6.15. The zero-order valence-electron chi connectivity index (χ0n) is 38.8. The summed E-state index contributed by atoms with van der Waals surface area (Å²) < 4.78 is 5.30. The number of benzene rings is 2. The van der Waals surface area contributed by atoms with Crippen molar-refractivity contribution in [1.82, 2.24) is 4.90 Å². The minimum atomic E-state index is -0.0608. The Morgan fingerprint density at radius 2 is 1.27 bits per heavy atom. The van der Waals surface area contributed by atoms with Crippen LogP contribution in [0.1, 0.15) is 133 Å². The van der Waals surface area contributed by atoms with Crippen LogP contribution in [0.5, 0.6) is 0 Å². The Kier molecular flexibility index (Phi) is 25.3. The van der Waals surface area contributed by atoms with Crippen LogP contribution >= 0.6 is 0 Å². The summed E-state index contributed by atoms with van der Waals surface area (Å²) in [5, 5.41) is 2.37. The normalized spacial score (nSPS) is 16.5. The molecule has 0 spiro atoms. The Balaban J connectivity index is 0.000000289. The Bertz CT molecular complexity index is 1690. The summed E-state index contributed by atoms with van der Waals surface area (Å²) in [5.41, 5.74) is 2.03. The van der Waals surface area contributed by atoms with Gasteiger partial charge < -0.3 is 9.64 Å². The highest BCUT2D eigenvalue weighted by Crippen LogP contribution is 2.33. The van der Waals surface area contributed by atoms with Gasteiger partial charge in [0.05, 0.1) is 78.7 Å². The highest BCUT2D eigenvalue weighted by Gasteiger charge is 2.13. The molecule has 2 aromatic carbocycles. The van der Waals surface area contributed by atoms with E-state index in [0.29, 0.717) is 18.1 Å². The monoisotopic (exact) mass is 811 g/mol. The Morgan fingerprint density at radius 1 is 0.712 bits per heavy atom. The van der Waals surface area contributed by atoms with E-state index in [4.69, 9.17) is 4.74 Å². The topological polar surface area (TPSA) is 115 Å². The lowest BCUT2D eigenvalue weighted by Crippen LogP contribution is -2.37. The van der Waals surface area contributed by atoms with E-state index in [1.165, 1.54) is 75.3 Å². The number of nitrogens with zero attached hydrogens (tertiary/aromatic N) is 10. The van der Waals surface area contributed by atoms with E-state index >= 15 is 0 Å².